The molecule has 13 heavy (non-hydrogen) atoms. The summed E-state index contributed by atoms with van der Waals surface area (Å²) in [6.07, 6.45) is 0.279. The van der Waals surface area contributed by atoms with Crippen molar-refractivity contribution in [2.75, 3.05) is 19.6 Å². The molecule has 0 bridgehead atoms. The van der Waals surface area contributed by atoms with Crippen molar-refractivity contribution < 1.29 is 9.90 Å². The van der Waals surface area contributed by atoms with E-state index in [1.807, 2.05) is 13.8 Å². The molecule has 0 radical (unpaired) electrons. The monoisotopic (exact) mass is 186 g/mol. The van der Waals surface area contributed by atoms with Gasteiger partial charge in [-0.2, -0.15) is 0 Å². The fraction of sp³-hybridized carbons (Fsp3) is 0.889. The van der Waals surface area contributed by atoms with Crippen LogP contribution in [0.5, 0.6) is 0 Å². The van der Waals surface area contributed by atoms with E-state index in [-0.39, 0.29) is 17.9 Å². The van der Waals surface area contributed by atoms with Crippen LogP contribution in [-0.4, -0.2) is 41.7 Å². The van der Waals surface area contributed by atoms with Gasteiger partial charge < -0.3 is 15.7 Å². The summed E-state index contributed by atoms with van der Waals surface area (Å²) in [5, 5.41) is 9.29. The maximum atomic E-state index is 11.7. The number of aliphatic hydroxyl groups excluding tert-OH is 1. The summed E-state index contributed by atoms with van der Waals surface area (Å²) in [4.78, 5) is 13.3. The zero-order chi connectivity index (χ0) is 10.1. The highest BCUT2D eigenvalue weighted by Gasteiger charge is 2.38. The van der Waals surface area contributed by atoms with Crippen molar-refractivity contribution in [3.8, 4) is 0 Å². The molecule has 4 nitrogen and oxygen atoms in total. The van der Waals surface area contributed by atoms with Crippen molar-refractivity contribution in [1.82, 2.24) is 4.90 Å². The number of nitrogens with zero attached hydrogens (tertiary/aromatic N) is 1. The quantitative estimate of drug-likeness (QED) is 0.628. The van der Waals surface area contributed by atoms with Crippen LogP contribution in [0.3, 0.4) is 0 Å². The Labute approximate surface area is 78.7 Å². The molecule has 0 aromatic carbocycles. The molecule has 1 atom stereocenters. The molecule has 0 aromatic rings. The van der Waals surface area contributed by atoms with Gasteiger partial charge in [-0.1, -0.05) is 13.8 Å². The zero-order valence-corrected chi connectivity index (χ0v) is 8.29. The molecule has 1 heterocycles. The molecule has 0 spiro atoms. The van der Waals surface area contributed by atoms with Gasteiger partial charge in [0.1, 0.15) is 0 Å². The number of amides is 1. The Balaban J connectivity index is 2.51. The zero-order valence-electron chi connectivity index (χ0n) is 8.29. The Morgan fingerprint density at radius 2 is 2.31 bits per heavy atom. The van der Waals surface area contributed by atoms with Crippen molar-refractivity contribution in [1.29, 1.82) is 0 Å². The molecule has 0 aliphatic carbocycles. The topological polar surface area (TPSA) is 66.6 Å². The number of hydrogen-bond acceptors (Lipinski definition) is 3. The van der Waals surface area contributed by atoms with Gasteiger partial charge in [0.05, 0.1) is 6.10 Å². The number of aliphatic hydroxyl groups is 1. The first-order valence-corrected chi connectivity index (χ1v) is 4.65. The lowest BCUT2D eigenvalue weighted by atomic mass is 9.92. The summed E-state index contributed by atoms with van der Waals surface area (Å²) in [7, 11) is 0. The third-order valence-corrected chi connectivity index (χ3v) is 2.58. The predicted octanol–water partition coefficient (Wildman–Crippen LogP) is -0.435. The Kier molecular flexibility index (Phi) is 2.93. The molecule has 0 saturated carbocycles. The van der Waals surface area contributed by atoms with E-state index in [1.54, 1.807) is 4.90 Å². The number of rotatable bonds is 3. The van der Waals surface area contributed by atoms with Crippen molar-refractivity contribution in [2.24, 2.45) is 11.1 Å². The lowest BCUT2D eigenvalue weighted by Crippen LogP contribution is -2.39. The minimum atomic E-state index is -0.585. The van der Waals surface area contributed by atoms with Crippen molar-refractivity contribution >= 4 is 5.91 Å². The second-order valence-electron chi connectivity index (χ2n) is 4.27. The minimum absolute atomic E-state index is 0.125. The van der Waals surface area contributed by atoms with Crippen molar-refractivity contribution in [3.05, 3.63) is 0 Å². The molecular formula is C9H18N2O2. The largest absolute Gasteiger partial charge is 0.390 e. The molecule has 1 rings (SSSR count). The number of carbonyl (C=O) groups is 1. The van der Waals surface area contributed by atoms with E-state index in [4.69, 9.17) is 5.73 Å². The minimum Gasteiger partial charge on any atom is -0.390 e. The fourth-order valence-electron chi connectivity index (χ4n) is 1.55. The number of likely N-dealkylation sites (tertiary alicyclic amines) is 1. The number of nitrogens with two attached hydrogens (primary N) is 1. The maximum absolute atomic E-state index is 11.7. The van der Waals surface area contributed by atoms with E-state index >= 15 is 0 Å². The molecule has 76 valence electrons. The Morgan fingerprint density at radius 3 is 2.69 bits per heavy atom. The molecule has 1 amide bonds. The van der Waals surface area contributed by atoms with E-state index in [0.717, 1.165) is 13.0 Å². The first kappa shape index (κ1) is 10.5. The van der Waals surface area contributed by atoms with E-state index in [0.29, 0.717) is 6.54 Å². The maximum Gasteiger partial charge on any atom is 0.228 e. The van der Waals surface area contributed by atoms with Gasteiger partial charge in [0.15, 0.2) is 0 Å². The molecule has 1 aliphatic heterocycles. The summed E-state index contributed by atoms with van der Waals surface area (Å²) >= 11 is 0. The van der Waals surface area contributed by atoms with Crippen molar-refractivity contribution in [2.45, 2.75) is 26.4 Å². The molecule has 1 saturated heterocycles. The molecule has 1 aliphatic rings. The van der Waals surface area contributed by atoms with Crippen LogP contribution in [0.1, 0.15) is 20.3 Å². The highest BCUT2D eigenvalue weighted by molar-refractivity contribution is 5.84. The molecule has 0 unspecified atom stereocenters. The number of β-amino-alcohol motifs (C(OH)–C–C–N with tert-alkyl or cyclic N) is 1. The molecule has 3 N–H and O–H groups in total. The van der Waals surface area contributed by atoms with Gasteiger partial charge in [0, 0.05) is 25.0 Å². The normalized spacial score (nSPS) is 23.7. The van der Waals surface area contributed by atoms with Crippen LogP contribution in [0.15, 0.2) is 0 Å². The lowest BCUT2D eigenvalue weighted by molar-refractivity contribution is -0.135. The summed E-state index contributed by atoms with van der Waals surface area (Å²) in [5.74, 6) is 0.125. The van der Waals surface area contributed by atoms with E-state index in [2.05, 4.69) is 0 Å². The van der Waals surface area contributed by atoms with Gasteiger partial charge >= 0.3 is 0 Å². The lowest BCUT2D eigenvalue weighted by Gasteiger charge is -2.21. The number of carbonyl (C=O) groups excluding carboxylic acids is 1. The predicted molar refractivity (Wildman–Crippen MR) is 50.0 cm³/mol. The van der Waals surface area contributed by atoms with E-state index < -0.39 is 6.10 Å². The van der Waals surface area contributed by atoms with Crippen LogP contribution >= 0.6 is 0 Å². The summed E-state index contributed by atoms with van der Waals surface area (Å²) in [6, 6.07) is 0. The van der Waals surface area contributed by atoms with Crippen LogP contribution in [0.25, 0.3) is 0 Å². The first-order valence-electron chi connectivity index (χ1n) is 4.65. The Bertz CT molecular complexity index is 204. The molecule has 1 fully saturated rings. The van der Waals surface area contributed by atoms with E-state index in [1.165, 1.54) is 0 Å². The fourth-order valence-corrected chi connectivity index (χ4v) is 1.55. The third-order valence-electron chi connectivity index (χ3n) is 2.58. The van der Waals surface area contributed by atoms with Crippen LogP contribution in [-0.2, 0) is 4.79 Å². The van der Waals surface area contributed by atoms with Crippen LogP contribution < -0.4 is 5.73 Å². The molecule has 4 heteroatoms. The molecular weight excluding hydrogens is 168 g/mol. The standard InChI is InChI=1S/C9H18N2O2/c1-9(2)3-4-11(8(9)13)6-7(12)5-10/h7,12H,3-6,10H2,1-2H3/t7-/m1/s1. The van der Waals surface area contributed by atoms with Gasteiger partial charge in [-0.15, -0.1) is 0 Å². The van der Waals surface area contributed by atoms with Crippen LogP contribution in [0.4, 0.5) is 0 Å². The molecule has 0 aromatic heterocycles. The summed E-state index contributed by atoms with van der Waals surface area (Å²) < 4.78 is 0. The summed E-state index contributed by atoms with van der Waals surface area (Å²) in [5.41, 5.74) is 5.02. The second-order valence-corrected chi connectivity index (χ2v) is 4.27. The van der Waals surface area contributed by atoms with Gasteiger partial charge in [-0.3, -0.25) is 4.79 Å². The van der Waals surface area contributed by atoms with Gasteiger partial charge in [0.25, 0.3) is 0 Å². The highest BCUT2D eigenvalue weighted by atomic mass is 16.3. The van der Waals surface area contributed by atoms with E-state index in [9.17, 15) is 9.90 Å². The van der Waals surface area contributed by atoms with Gasteiger partial charge in [-0.05, 0) is 6.42 Å². The average molecular weight is 186 g/mol. The number of hydrogen-bond donors (Lipinski definition) is 2. The van der Waals surface area contributed by atoms with Crippen molar-refractivity contribution in [3.63, 3.8) is 0 Å². The van der Waals surface area contributed by atoms with Gasteiger partial charge in [-0.25, -0.2) is 0 Å². The first-order chi connectivity index (χ1) is 5.97. The average Bonchev–Trinajstić information content (AvgIpc) is 2.32. The Hall–Kier alpha value is -0.610. The summed E-state index contributed by atoms with van der Waals surface area (Å²) in [6.45, 7) is 5.19. The van der Waals surface area contributed by atoms with Gasteiger partial charge in [0.2, 0.25) is 5.91 Å². The third kappa shape index (κ3) is 2.19. The highest BCUT2D eigenvalue weighted by Crippen LogP contribution is 2.30. The van der Waals surface area contributed by atoms with Crippen LogP contribution in [0, 0.1) is 5.41 Å². The van der Waals surface area contributed by atoms with Crippen LogP contribution in [0.2, 0.25) is 0 Å². The Morgan fingerprint density at radius 1 is 1.69 bits per heavy atom. The smallest absolute Gasteiger partial charge is 0.228 e. The SMILES string of the molecule is CC1(C)CCN(C[C@H](O)CN)C1=O. The second kappa shape index (κ2) is 3.64.